The SMILES string of the molecule is NSc1nccs1.c1ccc2sc(SN(C3CCCCC3)C3CCCCC3)nc2c1. The number of aromatic nitrogens is 2. The molecule has 2 aliphatic carbocycles. The summed E-state index contributed by atoms with van der Waals surface area (Å²) in [5.74, 6) is 0. The summed E-state index contributed by atoms with van der Waals surface area (Å²) in [4.78, 5) is 8.77. The molecule has 162 valence electrons. The second kappa shape index (κ2) is 11.8. The summed E-state index contributed by atoms with van der Waals surface area (Å²) >= 11 is 6.56. The minimum Gasteiger partial charge on any atom is -0.272 e. The summed E-state index contributed by atoms with van der Waals surface area (Å²) in [5, 5.41) is 7.06. The van der Waals surface area contributed by atoms with Crippen molar-refractivity contribution in [3.05, 3.63) is 35.8 Å². The predicted molar refractivity (Wildman–Crippen MR) is 133 cm³/mol. The van der Waals surface area contributed by atoms with Crippen molar-refractivity contribution in [3.8, 4) is 0 Å². The molecule has 4 nitrogen and oxygen atoms in total. The van der Waals surface area contributed by atoms with Crippen molar-refractivity contribution in [3.63, 3.8) is 0 Å². The molecule has 2 N–H and O–H groups in total. The smallest absolute Gasteiger partial charge is 0.166 e. The Bertz CT molecular complexity index is 819. The highest BCUT2D eigenvalue weighted by Gasteiger charge is 2.30. The van der Waals surface area contributed by atoms with Gasteiger partial charge >= 0.3 is 0 Å². The lowest BCUT2D eigenvalue weighted by Gasteiger charge is -2.40. The van der Waals surface area contributed by atoms with Gasteiger partial charge in [0.15, 0.2) is 8.68 Å². The van der Waals surface area contributed by atoms with Crippen LogP contribution in [0.3, 0.4) is 0 Å². The average Bonchev–Trinajstić information content (AvgIpc) is 3.48. The summed E-state index contributed by atoms with van der Waals surface area (Å²) in [7, 11) is 0. The van der Waals surface area contributed by atoms with Crippen LogP contribution in [0.4, 0.5) is 0 Å². The molecule has 0 aliphatic heterocycles. The third-order valence-corrected chi connectivity index (χ3v) is 9.65. The van der Waals surface area contributed by atoms with Crippen LogP contribution in [0.1, 0.15) is 64.2 Å². The summed E-state index contributed by atoms with van der Waals surface area (Å²) in [6.07, 6.45) is 15.8. The van der Waals surface area contributed by atoms with Crippen molar-refractivity contribution in [2.75, 3.05) is 0 Å². The standard InChI is InChI=1S/C19H26N2S2.C3H4N2S2/c1-3-9-15(10-4-1)21(16-11-5-2-6-12-16)23-19-20-17-13-7-8-14-18(17)22-19;4-7-3-5-1-2-6-3/h7-8,13-16H,1-6,9-12H2;1-2H,4H2. The van der Waals surface area contributed by atoms with Gasteiger partial charge in [-0.05, 0) is 61.7 Å². The quantitative estimate of drug-likeness (QED) is 0.386. The van der Waals surface area contributed by atoms with Gasteiger partial charge in [-0.25, -0.2) is 14.3 Å². The maximum atomic E-state index is 5.16. The number of nitrogens with zero attached hydrogens (tertiary/aromatic N) is 3. The molecule has 0 unspecified atom stereocenters. The zero-order chi connectivity index (χ0) is 20.6. The Morgan fingerprint density at radius 1 is 0.900 bits per heavy atom. The lowest BCUT2D eigenvalue weighted by atomic mass is 9.91. The fraction of sp³-hybridized carbons (Fsp3) is 0.545. The van der Waals surface area contributed by atoms with E-state index in [1.807, 2.05) is 28.7 Å². The Morgan fingerprint density at radius 3 is 2.10 bits per heavy atom. The molecule has 8 heteroatoms. The van der Waals surface area contributed by atoms with Gasteiger partial charge in [0.2, 0.25) is 0 Å². The van der Waals surface area contributed by atoms with E-state index in [2.05, 4.69) is 33.6 Å². The summed E-state index contributed by atoms with van der Waals surface area (Å²) in [5.41, 5.74) is 1.16. The van der Waals surface area contributed by atoms with E-state index in [0.717, 1.165) is 21.9 Å². The first-order chi connectivity index (χ1) is 14.8. The van der Waals surface area contributed by atoms with Crippen molar-refractivity contribution < 1.29 is 0 Å². The van der Waals surface area contributed by atoms with E-state index in [-0.39, 0.29) is 0 Å². The number of rotatable bonds is 5. The molecule has 0 atom stereocenters. The fourth-order valence-corrected chi connectivity index (χ4v) is 7.65. The van der Waals surface area contributed by atoms with Gasteiger partial charge in [-0.3, -0.25) is 5.14 Å². The van der Waals surface area contributed by atoms with E-state index < -0.39 is 0 Å². The number of hydrogen-bond acceptors (Lipinski definition) is 8. The highest BCUT2D eigenvalue weighted by Crippen LogP contribution is 2.40. The van der Waals surface area contributed by atoms with Gasteiger partial charge < -0.3 is 0 Å². The van der Waals surface area contributed by atoms with Crippen LogP contribution in [0.2, 0.25) is 0 Å². The molecule has 0 amide bonds. The molecule has 3 aromatic rings. The molecule has 2 saturated carbocycles. The average molecular weight is 479 g/mol. The van der Waals surface area contributed by atoms with Crippen LogP contribution in [-0.2, 0) is 0 Å². The van der Waals surface area contributed by atoms with Crippen molar-refractivity contribution in [1.82, 2.24) is 14.3 Å². The van der Waals surface area contributed by atoms with Crippen molar-refractivity contribution >= 4 is 56.8 Å². The van der Waals surface area contributed by atoms with Gasteiger partial charge in [0, 0.05) is 23.7 Å². The van der Waals surface area contributed by atoms with Gasteiger partial charge in [-0.2, -0.15) is 0 Å². The van der Waals surface area contributed by atoms with Crippen molar-refractivity contribution in [1.29, 1.82) is 0 Å². The Balaban J connectivity index is 0.000000265. The monoisotopic (exact) mass is 478 g/mol. The summed E-state index contributed by atoms with van der Waals surface area (Å²) in [6, 6.07) is 10.1. The van der Waals surface area contributed by atoms with Crippen LogP contribution in [0.15, 0.2) is 44.5 Å². The first-order valence-electron chi connectivity index (χ1n) is 10.9. The van der Waals surface area contributed by atoms with Crippen LogP contribution in [0, 0.1) is 0 Å². The first kappa shape index (κ1) is 22.6. The van der Waals surface area contributed by atoms with Crippen LogP contribution < -0.4 is 5.14 Å². The number of benzene rings is 1. The maximum absolute atomic E-state index is 5.16. The lowest BCUT2D eigenvalue weighted by Crippen LogP contribution is -2.40. The van der Waals surface area contributed by atoms with Crippen molar-refractivity contribution in [2.24, 2.45) is 5.14 Å². The zero-order valence-corrected chi connectivity index (χ0v) is 20.5. The van der Waals surface area contributed by atoms with E-state index in [4.69, 9.17) is 10.1 Å². The number of hydrogen-bond donors (Lipinski definition) is 1. The molecule has 0 bridgehead atoms. The van der Waals surface area contributed by atoms with Crippen LogP contribution in [-0.4, -0.2) is 26.4 Å². The minimum absolute atomic E-state index is 0.767. The normalized spacial score (nSPS) is 18.5. The number of thiazole rings is 2. The third-order valence-electron chi connectivity index (χ3n) is 5.84. The first-order valence-corrected chi connectivity index (χ1v) is 14.3. The molecule has 2 heterocycles. The molecule has 0 spiro atoms. The van der Waals surface area contributed by atoms with Crippen LogP contribution in [0.5, 0.6) is 0 Å². The van der Waals surface area contributed by atoms with Crippen LogP contribution >= 0.6 is 46.6 Å². The molecule has 1 aromatic carbocycles. The van der Waals surface area contributed by atoms with E-state index in [0.29, 0.717) is 0 Å². The Morgan fingerprint density at radius 2 is 1.57 bits per heavy atom. The van der Waals surface area contributed by atoms with E-state index in [9.17, 15) is 0 Å². The molecule has 0 saturated heterocycles. The highest BCUT2D eigenvalue weighted by molar-refractivity contribution is 7.99. The van der Waals surface area contributed by atoms with Gasteiger partial charge in [0.05, 0.1) is 10.2 Å². The van der Waals surface area contributed by atoms with Gasteiger partial charge in [0.25, 0.3) is 0 Å². The van der Waals surface area contributed by atoms with Gasteiger partial charge in [-0.1, -0.05) is 50.7 Å². The molecule has 5 rings (SSSR count). The summed E-state index contributed by atoms with van der Waals surface area (Å²) in [6.45, 7) is 0. The molecule has 30 heavy (non-hydrogen) atoms. The maximum Gasteiger partial charge on any atom is 0.166 e. The zero-order valence-electron chi connectivity index (χ0n) is 17.2. The topological polar surface area (TPSA) is 55.0 Å². The number of para-hydroxylation sites is 1. The fourth-order valence-electron chi connectivity index (χ4n) is 4.37. The van der Waals surface area contributed by atoms with Gasteiger partial charge in [0.1, 0.15) is 0 Å². The lowest BCUT2D eigenvalue weighted by molar-refractivity contribution is 0.185. The Kier molecular flexibility index (Phi) is 8.89. The van der Waals surface area contributed by atoms with Crippen LogP contribution in [0.25, 0.3) is 10.2 Å². The second-order valence-corrected chi connectivity index (χ2v) is 12.0. The highest BCUT2D eigenvalue weighted by atomic mass is 32.2. The minimum atomic E-state index is 0.767. The number of fused-ring (bicyclic) bond motifs is 1. The van der Waals surface area contributed by atoms with E-state index >= 15 is 0 Å². The Labute approximate surface area is 196 Å². The summed E-state index contributed by atoms with van der Waals surface area (Å²) < 4.78 is 6.25. The van der Waals surface area contributed by atoms with E-state index in [1.54, 1.807) is 17.5 Å². The van der Waals surface area contributed by atoms with E-state index in [1.165, 1.54) is 85.2 Å². The van der Waals surface area contributed by atoms with Gasteiger partial charge in [-0.15, -0.1) is 22.7 Å². The van der Waals surface area contributed by atoms with Crippen molar-refractivity contribution in [2.45, 2.75) is 85.0 Å². The molecular formula is C22H30N4S4. The predicted octanol–water partition coefficient (Wildman–Crippen LogP) is 7.38. The molecule has 2 aliphatic rings. The second-order valence-electron chi connectivity index (χ2n) is 7.90. The molecule has 0 radical (unpaired) electrons. The third kappa shape index (κ3) is 6.20. The number of nitrogens with two attached hydrogens (primary N) is 1. The Hall–Kier alpha value is -0.640. The molecule has 2 aromatic heterocycles. The molecular weight excluding hydrogens is 449 g/mol. The largest absolute Gasteiger partial charge is 0.272 e. The molecule has 2 fully saturated rings.